The van der Waals surface area contributed by atoms with Crippen LogP contribution in [0.2, 0.25) is 0 Å². The van der Waals surface area contributed by atoms with Gasteiger partial charge in [-0.15, -0.1) is 0 Å². The highest BCUT2D eigenvalue weighted by Gasteiger charge is 2.30. The topological polar surface area (TPSA) is 75.6 Å². The number of alkyl carbamates (subject to hydrolysis) is 1. The number of amides is 1. The molecule has 0 aromatic heterocycles. The van der Waals surface area contributed by atoms with Crippen LogP contribution in [-0.4, -0.2) is 23.2 Å². The number of hydrogen-bond acceptors (Lipinski definition) is 3. The van der Waals surface area contributed by atoms with Gasteiger partial charge in [0.25, 0.3) is 0 Å². The van der Waals surface area contributed by atoms with Crippen molar-refractivity contribution in [3.63, 3.8) is 0 Å². The summed E-state index contributed by atoms with van der Waals surface area (Å²) in [6.07, 6.45) is 4.06. The molecule has 2 N–H and O–H groups in total. The van der Waals surface area contributed by atoms with Crippen molar-refractivity contribution in [3.05, 3.63) is 48.0 Å². The highest BCUT2D eigenvalue weighted by atomic mass is 16.5. The Balaban J connectivity index is 1.84. The summed E-state index contributed by atoms with van der Waals surface area (Å²) < 4.78 is 5.09. The van der Waals surface area contributed by atoms with Gasteiger partial charge >= 0.3 is 12.1 Å². The predicted molar refractivity (Wildman–Crippen MR) is 73.1 cm³/mol. The molecule has 0 radical (unpaired) electrons. The number of hydrogen-bond donors (Lipinski definition) is 2. The molecule has 1 amide bonds. The average Bonchev–Trinajstić information content (AvgIpc) is 2.46. The Bertz CT molecular complexity index is 498. The summed E-state index contributed by atoms with van der Waals surface area (Å²) in [4.78, 5) is 22.8. The Morgan fingerprint density at radius 2 is 1.90 bits per heavy atom. The van der Waals surface area contributed by atoms with Crippen molar-refractivity contribution in [1.82, 2.24) is 5.32 Å². The molecule has 0 heterocycles. The van der Waals surface area contributed by atoms with E-state index in [1.54, 1.807) is 0 Å². The summed E-state index contributed by atoms with van der Waals surface area (Å²) in [6.45, 7) is 0.174. The number of rotatable bonds is 4. The Labute approximate surface area is 117 Å². The highest BCUT2D eigenvalue weighted by molar-refractivity contribution is 5.74. The van der Waals surface area contributed by atoms with Gasteiger partial charge in [0, 0.05) is 6.04 Å². The standard InChI is InChI=1S/C15H17NO4/c17-14(18)12-8-4-5-9-13(12)16-15(19)20-10-11-6-2-1-3-7-11/h1-7,12-13H,8-10H2,(H,16,19)(H,17,18)/t12-,13+/m0/s1. The third-order valence-corrected chi connectivity index (χ3v) is 3.27. The van der Waals surface area contributed by atoms with Crippen molar-refractivity contribution in [2.45, 2.75) is 25.5 Å². The minimum atomic E-state index is -0.900. The molecule has 5 nitrogen and oxygen atoms in total. The zero-order chi connectivity index (χ0) is 14.4. The van der Waals surface area contributed by atoms with Crippen LogP contribution in [-0.2, 0) is 16.1 Å². The number of allylic oxidation sites excluding steroid dienone is 1. The Morgan fingerprint density at radius 3 is 2.60 bits per heavy atom. The zero-order valence-corrected chi connectivity index (χ0v) is 11.0. The molecule has 2 rings (SSSR count). The van der Waals surface area contributed by atoms with Crippen molar-refractivity contribution >= 4 is 12.1 Å². The molecular formula is C15H17NO4. The van der Waals surface area contributed by atoms with Crippen molar-refractivity contribution in [3.8, 4) is 0 Å². The fraction of sp³-hybridized carbons (Fsp3) is 0.333. The minimum Gasteiger partial charge on any atom is -0.481 e. The van der Waals surface area contributed by atoms with Gasteiger partial charge in [0.1, 0.15) is 6.61 Å². The number of ether oxygens (including phenoxy) is 1. The molecule has 0 unspecified atom stereocenters. The summed E-state index contributed by atoms with van der Waals surface area (Å²) in [5, 5.41) is 11.7. The number of carbonyl (C=O) groups is 2. The van der Waals surface area contributed by atoms with Gasteiger partial charge in [-0.3, -0.25) is 4.79 Å². The fourth-order valence-electron chi connectivity index (χ4n) is 2.16. The monoisotopic (exact) mass is 275 g/mol. The second-order valence-electron chi connectivity index (χ2n) is 4.70. The molecule has 0 aliphatic heterocycles. The van der Waals surface area contributed by atoms with Crippen molar-refractivity contribution in [2.24, 2.45) is 5.92 Å². The van der Waals surface area contributed by atoms with E-state index in [0.717, 1.165) is 5.56 Å². The number of benzene rings is 1. The zero-order valence-electron chi connectivity index (χ0n) is 11.0. The van der Waals surface area contributed by atoms with E-state index in [1.165, 1.54) is 0 Å². The Morgan fingerprint density at radius 1 is 1.20 bits per heavy atom. The first-order chi connectivity index (χ1) is 9.66. The van der Waals surface area contributed by atoms with Crippen LogP contribution in [0.25, 0.3) is 0 Å². The van der Waals surface area contributed by atoms with Crippen LogP contribution in [0.15, 0.2) is 42.5 Å². The van der Waals surface area contributed by atoms with Gasteiger partial charge in [-0.1, -0.05) is 42.5 Å². The third kappa shape index (κ3) is 3.85. The van der Waals surface area contributed by atoms with E-state index >= 15 is 0 Å². The Hall–Kier alpha value is -2.30. The molecule has 0 bridgehead atoms. The van der Waals surface area contributed by atoms with E-state index in [4.69, 9.17) is 9.84 Å². The molecule has 1 aromatic carbocycles. The van der Waals surface area contributed by atoms with E-state index in [9.17, 15) is 9.59 Å². The van der Waals surface area contributed by atoms with Crippen LogP contribution >= 0.6 is 0 Å². The largest absolute Gasteiger partial charge is 0.481 e. The average molecular weight is 275 g/mol. The SMILES string of the molecule is O=C(N[C@@H]1CC=CC[C@@H]1C(=O)O)OCc1ccccc1. The minimum absolute atomic E-state index is 0.174. The molecule has 1 aliphatic carbocycles. The highest BCUT2D eigenvalue weighted by Crippen LogP contribution is 2.19. The number of aliphatic carboxylic acids is 1. The lowest BCUT2D eigenvalue weighted by molar-refractivity contribution is -0.142. The first-order valence-corrected chi connectivity index (χ1v) is 6.52. The van der Waals surface area contributed by atoms with Gasteiger partial charge in [0.2, 0.25) is 0 Å². The summed E-state index contributed by atoms with van der Waals surface area (Å²) in [5.41, 5.74) is 0.890. The van der Waals surface area contributed by atoms with E-state index < -0.39 is 24.0 Å². The van der Waals surface area contributed by atoms with Crippen LogP contribution in [0.4, 0.5) is 4.79 Å². The van der Waals surface area contributed by atoms with Crippen LogP contribution in [0.5, 0.6) is 0 Å². The number of carboxylic acids is 1. The first-order valence-electron chi connectivity index (χ1n) is 6.52. The molecule has 0 spiro atoms. The van der Waals surface area contributed by atoms with Crippen LogP contribution < -0.4 is 5.32 Å². The van der Waals surface area contributed by atoms with Gasteiger partial charge in [-0.05, 0) is 18.4 Å². The van der Waals surface area contributed by atoms with Crippen molar-refractivity contribution < 1.29 is 19.4 Å². The first kappa shape index (κ1) is 14.1. The predicted octanol–water partition coefficient (Wildman–Crippen LogP) is 2.33. The van der Waals surface area contributed by atoms with E-state index in [1.807, 2.05) is 42.5 Å². The molecule has 20 heavy (non-hydrogen) atoms. The van der Waals surface area contributed by atoms with Crippen LogP contribution in [0.3, 0.4) is 0 Å². The lowest BCUT2D eigenvalue weighted by Gasteiger charge is -2.25. The van der Waals surface area contributed by atoms with Gasteiger partial charge < -0.3 is 15.2 Å². The second-order valence-corrected chi connectivity index (χ2v) is 4.70. The van der Waals surface area contributed by atoms with E-state index in [2.05, 4.69) is 5.32 Å². The van der Waals surface area contributed by atoms with Crippen LogP contribution in [0.1, 0.15) is 18.4 Å². The van der Waals surface area contributed by atoms with E-state index in [-0.39, 0.29) is 6.61 Å². The van der Waals surface area contributed by atoms with Gasteiger partial charge in [-0.25, -0.2) is 4.79 Å². The summed E-state index contributed by atoms with van der Waals surface area (Å²) in [6, 6.07) is 8.91. The fourth-order valence-corrected chi connectivity index (χ4v) is 2.16. The lowest BCUT2D eigenvalue weighted by atomic mass is 9.89. The van der Waals surface area contributed by atoms with Crippen molar-refractivity contribution in [2.75, 3.05) is 0 Å². The lowest BCUT2D eigenvalue weighted by Crippen LogP contribution is -2.44. The molecule has 0 fully saturated rings. The molecule has 5 heteroatoms. The molecule has 1 aliphatic rings. The smallest absolute Gasteiger partial charge is 0.407 e. The normalized spacial score (nSPS) is 21.2. The molecule has 1 aromatic rings. The molecule has 0 saturated heterocycles. The number of carboxylic acid groups (broad SMARTS) is 1. The Kier molecular flexibility index (Phi) is 4.76. The summed E-state index contributed by atoms with van der Waals surface area (Å²) >= 11 is 0. The molecule has 2 atom stereocenters. The molecular weight excluding hydrogens is 258 g/mol. The number of nitrogens with one attached hydrogen (secondary N) is 1. The van der Waals surface area contributed by atoms with E-state index in [0.29, 0.717) is 12.8 Å². The summed E-state index contributed by atoms with van der Waals surface area (Å²) in [7, 11) is 0. The third-order valence-electron chi connectivity index (χ3n) is 3.27. The van der Waals surface area contributed by atoms with Gasteiger partial charge in [-0.2, -0.15) is 0 Å². The van der Waals surface area contributed by atoms with Crippen molar-refractivity contribution in [1.29, 1.82) is 0 Å². The number of carbonyl (C=O) groups excluding carboxylic acids is 1. The van der Waals surface area contributed by atoms with Crippen LogP contribution in [0, 0.1) is 5.92 Å². The molecule has 106 valence electrons. The van der Waals surface area contributed by atoms with Gasteiger partial charge in [0.15, 0.2) is 0 Å². The summed E-state index contributed by atoms with van der Waals surface area (Å²) in [5.74, 6) is -1.49. The van der Waals surface area contributed by atoms with Gasteiger partial charge in [0.05, 0.1) is 5.92 Å². The maximum absolute atomic E-state index is 11.7. The quantitative estimate of drug-likeness (QED) is 0.827. The second kappa shape index (κ2) is 6.75. The molecule has 0 saturated carbocycles. The maximum Gasteiger partial charge on any atom is 0.407 e. The maximum atomic E-state index is 11.7.